The van der Waals surface area contributed by atoms with Crippen LogP contribution in [0.3, 0.4) is 0 Å². The summed E-state index contributed by atoms with van der Waals surface area (Å²) in [7, 11) is 0. The fourth-order valence-electron chi connectivity index (χ4n) is 1.56. The predicted octanol–water partition coefficient (Wildman–Crippen LogP) is 3.97. The maximum atomic E-state index is 13.3. The minimum Gasteiger partial charge on any atom is -0.321 e. The van der Waals surface area contributed by atoms with E-state index in [1.807, 2.05) is 0 Å². The first-order valence-corrected chi connectivity index (χ1v) is 8.16. The first-order valence-electron chi connectivity index (χ1n) is 5.76. The zero-order valence-electron chi connectivity index (χ0n) is 10.5. The highest BCUT2D eigenvalue weighted by Gasteiger charge is 2.15. The highest BCUT2D eigenvalue weighted by molar-refractivity contribution is 9.12. The number of carbonyl (C=O) groups excluding carboxylic acids is 1. The number of hydrogen-bond donors (Lipinski definition) is 2. The summed E-state index contributed by atoms with van der Waals surface area (Å²) in [6, 6.07) is 5.71. The SMILES string of the molecule is NCC#Cc1cc(F)ccc1NC(=O)c1cc(Br)sc1Br. The van der Waals surface area contributed by atoms with Crippen LogP contribution in [0.5, 0.6) is 0 Å². The Morgan fingerprint density at radius 3 is 2.76 bits per heavy atom. The van der Waals surface area contributed by atoms with Crippen molar-refractivity contribution in [2.75, 3.05) is 11.9 Å². The van der Waals surface area contributed by atoms with Crippen LogP contribution >= 0.6 is 43.2 Å². The monoisotopic (exact) mass is 430 g/mol. The van der Waals surface area contributed by atoms with Gasteiger partial charge in [-0.25, -0.2) is 4.39 Å². The van der Waals surface area contributed by atoms with Crippen LogP contribution in [0.15, 0.2) is 31.8 Å². The molecule has 2 rings (SSSR count). The van der Waals surface area contributed by atoms with E-state index in [-0.39, 0.29) is 12.5 Å². The Balaban J connectivity index is 2.31. The third-order valence-corrected chi connectivity index (χ3v) is 4.80. The zero-order valence-corrected chi connectivity index (χ0v) is 14.5. The third-order valence-electron chi connectivity index (χ3n) is 2.46. The van der Waals surface area contributed by atoms with Crippen LogP contribution in [0.1, 0.15) is 15.9 Å². The van der Waals surface area contributed by atoms with Gasteiger partial charge in [-0.2, -0.15) is 0 Å². The largest absolute Gasteiger partial charge is 0.321 e. The molecule has 3 N–H and O–H groups in total. The van der Waals surface area contributed by atoms with Crippen LogP contribution in [-0.2, 0) is 0 Å². The van der Waals surface area contributed by atoms with Crippen molar-refractivity contribution in [2.45, 2.75) is 0 Å². The van der Waals surface area contributed by atoms with E-state index in [4.69, 9.17) is 5.73 Å². The highest BCUT2D eigenvalue weighted by atomic mass is 79.9. The molecule has 108 valence electrons. The molecule has 0 unspecified atom stereocenters. The van der Waals surface area contributed by atoms with Crippen LogP contribution in [0, 0.1) is 17.7 Å². The zero-order chi connectivity index (χ0) is 15.4. The van der Waals surface area contributed by atoms with Gasteiger partial charge in [0.2, 0.25) is 0 Å². The molecule has 0 spiro atoms. The smallest absolute Gasteiger partial charge is 0.257 e. The summed E-state index contributed by atoms with van der Waals surface area (Å²) in [4.78, 5) is 12.2. The Labute approximate surface area is 142 Å². The van der Waals surface area contributed by atoms with Gasteiger partial charge < -0.3 is 11.1 Å². The molecule has 0 radical (unpaired) electrons. The van der Waals surface area contributed by atoms with Gasteiger partial charge in [0.15, 0.2) is 0 Å². The summed E-state index contributed by atoms with van der Waals surface area (Å²) in [6.07, 6.45) is 0. The van der Waals surface area contributed by atoms with Gasteiger partial charge in [-0.1, -0.05) is 11.8 Å². The maximum absolute atomic E-state index is 13.3. The molecule has 0 aliphatic heterocycles. The van der Waals surface area contributed by atoms with Crippen molar-refractivity contribution in [3.05, 3.63) is 48.8 Å². The number of nitrogens with one attached hydrogen (secondary N) is 1. The quantitative estimate of drug-likeness (QED) is 0.706. The van der Waals surface area contributed by atoms with Crippen LogP contribution in [-0.4, -0.2) is 12.5 Å². The molecule has 0 aliphatic rings. The second-order valence-electron chi connectivity index (χ2n) is 3.89. The van der Waals surface area contributed by atoms with Gasteiger partial charge in [-0.3, -0.25) is 4.79 Å². The fourth-order valence-corrected chi connectivity index (χ4v) is 4.35. The van der Waals surface area contributed by atoms with Crippen LogP contribution in [0.4, 0.5) is 10.1 Å². The lowest BCUT2D eigenvalue weighted by Crippen LogP contribution is -2.12. The van der Waals surface area contributed by atoms with E-state index in [9.17, 15) is 9.18 Å². The van der Waals surface area contributed by atoms with Crippen LogP contribution in [0.2, 0.25) is 0 Å². The van der Waals surface area contributed by atoms with E-state index in [0.717, 1.165) is 3.79 Å². The van der Waals surface area contributed by atoms with Gasteiger partial charge >= 0.3 is 0 Å². The van der Waals surface area contributed by atoms with Crippen LogP contribution < -0.4 is 11.1 Å². The van der Waals surface area contributed by atoms with Crippen molar-refractivity contribution in [3.8, 4) is 11.8 Å². The number of anilines is 1. The molecule has 3 nitrogen and oxygen atoms in total. The average molecular weight is 432 g/mol. The summed E-state index contributed by atoms with van der Waals surface area (Å²) in [5, 5.41) is 2.72. The van der Waals surface area contributed by atoms with Crippen molar-refractivity contribution in [1.29, 1.82) is 0 Å². The number of carbonyl (C=O) groups is 1. The van der Waals surface area contributed by atoms with Gasteiger partial charge in [0.05, 0.1) is 30.9 Å². The molecule has 2 aromatic rings. The van der Waals surface area contributed by atoms with Gasteiger partial charge in [0, 0.05) is 0 Å². The summed E-state index contributed by atoms with van der Waals surface area (Å²) in [5.41, 5.74) is 6.64. The van der Waals surface area contributed by atoms with Crippen LogP contribution in [0.25, 0.3) is 0 Å². The lowest BCUT2D eigenvalue weighted by atomic mass is 10.1. The first-order chi connectivity index (χ1) is 10.0. The molecule has 21 heavy (non-hydrogen) atoms. The number of hydrogen-bond acceptors (Lipinski definition) is 3. The molecule has 0 fully saturated rings. The molecule has 1 heterocycles. The summed E-state index contributed by atoms with van der Waals surface area (Å²) in [5.74, 6) is 4.67. The number of rotatable bonds is 2. The highest BCUT2D eigenvalue weighted by Crippen LogP contribution is 2.32. The Kier molecular flexibility index (Phi) is 5.53. The molecule has 0 saturated heterocycles. The third kappa shape index (κ3) is 4.14. The van der Waals surface area contributed by atoms with E-state index in [0.29, 0.717) is 20.6 Å². The standard InChI is InChI=1S/C14H9Br2FN2OS/c15-12-7-10(13(16)21-12)14(20)19-11-4-3-9(17)6-8(11)2-1-5-18/h3-4,6-7H,5,18H2,(H,19,20). The molecule has 0 bridgehead atoms. The molecule has 7 heteroatoms. The molecular formula is C14H9Br2FN2OS. The molecule has 0 aliphatic carbocycles. The molecule has 0 atom stereocenters. The number of halogens is 3. The lowest BCUT2D eigenvalue weighted by molar-refractivity contribution is 0.102. The molecule has 1 aromatic carbocycles. The molecule has 1 aromatic heterocycles. The minimum atomic E-state index is -0.422. The van der Waals surface area contributed by atoms with Crippen molar-refractivity contribution >= 4 is 54.8 Å². The second kappa shape index (κ2) is 7.18. The van der Waals surface area contributed by atoms with Crippen molar-refractivity contribution < 1.29 is 9.18 Å². The van der Waals surface area contributed by atoms with Gasteiger partial charge in [0.25, 0.3) is 5.91 Å². The number of benzene rings is 1. The lowest BCUT2D eigenvalue weighted by Gasteiger charge is -2.07. The van der Waals surface area contributed by atoms with Crippen molar-refractivity contribution in [1.82, 2.24) is 0 Å². The number of nitrogens with two attached hydrogens (primary N) is 1. The van der Waals surface area contributed by atoms with Crippen molar-refractivity contribution in [2.24, 2.45) is 5.73 Å². The van der Waals surface area contributed by atoms with E-state index in [1.165, 1.54) is 29.5 Å². The Morgan fingerprint density at radius 1 is 1.38 bits per heavy atom. The second-order valence-corrected chi connectivity index (χ2v) is 7.64. The van der Waals surface area contributed by atoms with Gasteiger partial charge in [-0.15, -0.1) is 11.3 Å². The van der Waals surface area contributed by atoms with Gasteiger partial charge in [0.1, 0.15) is 5.82 Å². The van der Waals surface area contributed by atoms with E-state index >= 15 is 0 Å². The Bertz CT molecular complexity index is 749. The molecule has 1 amide bonds. The Hall–Kier alpha value is -1.20. The fraction of sp³-hybridized carbons (Fsp3) is 0.0714. The Morgan fingerprint density at radius 2 is 2.14 bits per heavy atom. The summed E-state index contributed by atoms with van der Waals surface area (Å²) >= 11 is 8.04. The van der Waals surface area contributed by atoms with E-state index in [1.54, 1.807) is 6.07 Å². The minimum absolute atomic E-state index is 0.160. The first kappa shape index (κ1) is 16.2. The normalized spacial score (nSPS) is 9.90. The maximum Gasteiger partial charge on any atom is 0.257 e. The summed E-state index contributed by atoms with van der Waals surface area (Å²) < 4.78 is 14.8. The predicted molar refractivity (Wildman–Crippen MR) is 90.0 cm³/mol. The number of amides is 1. The molecular weight excluding hydrogens is 423 g/mol. The molecule has 0 saturated carbocycles. The summed E-state index contributed by atoms with van der Waals surface area (Å²) in [6.45, 7) is 0.160. The van der Waals surface area contributed by atoms with Gasteiger partial charge in [-0.05, 0) is 56.1 Å². The topological polar surface area (TPSA) is 55.1 Å². The average Bonchev–Trinajstić information content (AvgIpc) is 2.78. The van der Waals surface area contributed by atoms with Crippen molar-refractivity contribution in [3.63, 3.8) is 0 Å². The van der Waals surface area contributed by atoms with E-state index < -0.39 is 5.82 Å². The number of thiophene rings is 1. The van der Waals surface area contributed by atoms with E-state index in [2.05, 4.69) is 49.0 Å².